The van der Waals surface area contributed by atoms with Crippen molar-refractivity contribution in [3.05, 3.63) is 59.4 Å². The maximum Gasteiger partial charge on any atom is 0.263 e. The van der Waals surface area contributed by atoms with Gasteiger partial charge >= 0.3 is 0 Å². The molecule has 2 heterocycles. The molecule has 2 aromatic heterocycles. The summed E-state index contributed by atoms with van der Waals surface area (Å²) in [7, 11) is -3.81. The smallest absolute Gasteiger partial charge is 0.263 e. The van der Waals surface area contributed by atoms with E-state index in [2.05, 4.69) is 19.7 Å². The zero-order chi connectivity index (χ0) is 17.3. The number of hydrogen-bond donors (Lipinski definition) is 1. The van der Waals surface area contributed by atoms with Gasteiger partial charge in [-0.3, -0.25) is 9.29 Å². The average molecular weight is 364 g/mol. The summed E-state index contributed by atoms with van der Waals surface area (Å²) in [6.45, 7) is 3.47. The van der Waals surface area contributed by atoms with Gasteiger partial charge in [0.25, 0.3) is 10.0 Å². The van der Waals surface area contributed by atoms with Crippen molar-refractivity contribution in [2.24, 2.45) is 0 Å². The predicted octanol–water partition coefficient (Wildman–Crippen LogP) is 2.73. The lowest BCUT2D eigenvalue weighted by Crippen LogP contribution is -2.16. The first-order valence-electron chi connectivity index (χ1n) is 6.99. The Morgan fingerprint density at radius 3 is 2.67 bits per heavy atom. The number of rotatable bonds is 4. The zero-order valence-corrected chi connectivity index (χ0v) is 14.5. The third-order valence-corrected chi connectivity index (χ3v) is 5.38. The zero-order valence-electron chi connectivity index (χ0n) is 12.9. The number of imidazole rings is 1. The molecule has 24 heavy (non-hydrogen) atoms. The van der Waals surface area contributed by atoms with Crippen molar-refractivity contribution in [1.82, 2.24) is 19.5 Å². The van der Waals surface area contributed by atoms with Crippen LogP contribution in [-0.4, -0.2) is 27.9 Å². The Morgan fingerprint density at radius 1 is 1.17 bits per heavy atom. The van der Waals surface area contributed by atoms with Gasteiger partial charge in [-0.05, 0) is 31.5 Å². The van der Waals surface area contributed by atoms with Crippen LogP contribution in [0.5, 0.6) is 0 Å². The normalized spacial score (nSPS) is 11.5. The van der Waals surface area contributed by atoms with Gasteiger partial charge in [0.05, 0.1) is 4.90 Å². The van der Waals surface area contributed by atoms with Gasteiger partial charge in [0.15, 0.2) is 0 Å². The minimum atomic E-state index is -3.81. The molecule has 1 aromatic carbocycles. The van der Waals surface area contributed by atoms with E-state index in [1.165, 1.54) is 18.5 Å². The minimum Gasteiger partial charge on any atom is -0.288 e. The largest absolute Gasteiger partial charge is 0.288 e. The van der Waals surface area contributed by atoms with Crippen LogP contribution in [0.1, 0.15) is 11.4 Å². The molecule has 0 saturated carbocycles. The third-order valence-electron chi connectivity index (χ3n) is 3.47. The lowest BCUT2D eigenvalue weighted by Gasteiger charge is -2.11. The van der Waals surface area contributed by atoms with Crippen molar-refractivity contribution in [3.8, 4) is 5.82 Å². The molecule has 0 atom stereocenters. The van der Waals surface area contributed by atoms with Gasteiger partial charge in [-0.25, -0.2) is 23.4 Å². The van der Waals surface area contributed by atoms with Crippen LogP contribution in [0.15, 0.2) is 47.9 Å². The maximum absolute atomic E-state index is 12.6. The van der Waals surface area contributed by atoms with Crippen molar-refractivity contribution >= 4 is 27.4 Å². The van der Waals surface area contributed by atoms with Crippen LogP contribution in [-0.2, 0) is 10.0 Å². The molecule has 124 valence electrons. The Bertz CT molecular complexity index is 1000. The van der Waals surface area contributed by atoms with E-state index < -0.39 is 10.0 Å². The maximum atomic E-state index is 12.6. The fourth-order valence-electron chi connectivity index (χ4n) is 2.23. The molecule has 0 fully saturated rings. The monoisotopic (exact) mass is 363 g/mol. The SMILES string of the molecule is Cc1c(Cl)cccc1S(=O)(=O)Nc1cc(-n2ccnc2C)ncn1. The molecule has 9 heteroatoms. The summed E-state index contributed by atoms with van der Waals surface area (Å²) in [5.74, 6) is 1.40. The topological polar surface area (TPSA) is 89.8 Å². The quantitative estimate of drug-likeness (QED) is 0.769. The van der Waals surface area contributed by atoms with Gasteiger partial charge in [-0.1, -0.05) is 17.7 Å². The molecule has 0 radical (unpaired) electrons. The highest BCUT2D eigenvalue weighted by molar-refractivity contribution is 7.92. The molecule has 0 saturated heterocycles. The highest BCUT2D eigenvalue weighted by Crippen LogP contribution is 2.24. The number of benzene rings is 1. The van der Waals surface area contributed by atoms with Gasteiger partial charge < -0.3 is 0 Å². The molecule has 1 N–H and O–H groups in total. The minimum absolute atomic E-state index is 0.106. The first-order chi connectivity index (χ1) is 11.4. The summed E-state index contributed by atoms with van der Waals surface area (Å²) in [5.41, 5.74) is 0.478. The van der Waals surface area contributed by atoms with E-state index in [4.69, 9.17) is 11.6 Å². The Balaban J connectivity index is 1.96. The van der Waals surface area contributed by atoms with Crippen molar-refractivity contribution in [2.75, 3.05) is 4.72 Å². The van der Waals surface area contributed by atoms with E-state index in [1.54, 1.807) is 36.0 Å². The third kappa shape index (κ3) is 3.10. The predicted molar refractivity (Wildman–Crippen MR) is 90.9 cm³/mol. The number of hydrogen-bond acceptors (Lipinski definition) is 5. The summed E-state index contributed by atoms with van der Waals surface area (Å²) in [6, 6.07) is 6.25. The molecule has 3 rings (SSSR count). The molecule has 0 aliphatic rings. The fourth-order valence-corrected chi connectivity index (χ4v) is 3.72. The Kier molecular flexibility index (Phi) is 4.25. The molecular weight excluding hydrogens is 350 g/mol. The Labute approximate surface area is 144 Å². The van der Waals surface area contributed by atoms with Crippen molar-refractivity contribution in [2.45, 2.75) is 18.7 Å². The van der Waals surface area contributed by atoms with Crippen LogP contribution in [0.3, 0.4) is 0 Å². The summed E-state index contributed by atoms with van der Waals surface area (Å²) in [4.78, 5) is 12.3. The van der Waals surface area contributed by atoms with Crippen LogP contribution in [0.4, 0.5) is 5.82 Å². The Hall–Kier alpha value is -2.45. The lowest BCUT2D eigenvalue weighted by atomic mass is 10.2. The molecule has 0 aliphatic heterocycles. The van der Waals surface area contributed by atoms with E-state index >= 15 is 0 Å². The fraction of sp³-hybridized carbons (Fsp3) is 0.133. The van der Waals surface area contributed by atoms with Crippen LogP contribution in [0, 0.1) is 13.8 Å². The highest BCUT2D eigenvalue weighted by atomic mass is 35.5. The second kappa shape index (κ2) is 6.21. The van der Waals surface area contributed by atoms with Crippen LogP contribution in [0.25, 0.3) is 5.82 Å². The molecule has 3 aromatic rings. The molecule has 0 amide bonds. The van der Waals surface area contributed by atoms with Gasteiger partial charge in [-0.15, -0.1) is 0 Å². The summed E-state index contributed by atoms with van der Waals surface area (Å²) >= 11 is 6.00. The summed E-state index contributed by atoms with van der Waals surface area (Å²) in [6.07, 6.45) is 4.66. The van der Waals surface area contributed by atoms with Crippen LogP contribution in [0.2, 0.25) is 5.02 Å². The Morgan fingerprint density at radius 2 is 1.96 bits per heavy atom. The van der Waals surface area contributed by atoms with E-state index in [0.717, 1.165) is 5.82 Å². The number of nitrogens with one attached hydrogen (secondary N) is 1. The van der Waals surface area contributed by atoms with E-state index in [9.17, 15) is 8.42 Å². The summed E-state index contributed by atoms with van der Waals surface area (Å²) in [5, 5.41) is 0.385. The number of halogens is 1. The van der Waals surface area contributed by atoms with Crippen LogP contribution >= 0.6 is 11.6 Å². The van der Waals surface area contributed by atoms with Crippen LogP contribution < -0.4 is 4.72 Å². The highest BCUT2D eigenvalue weighted by Gasteiger charge is 2.19. The number of anilines is 1. The van der Waals surface area contributed by atoms with E-state index in [1.807, 2.05) is 6.92 Å². The molecular formula is C15H14ClN5O2S. The molecule has 0 spiro atoms. The lowest BCUT2D eigenvalue weighted by molar-refractivity contribution is 0.600. The van der Waals surface area contributed by atoms with Crippen molar-refractivity contribution in [1.29, 1.82) is 0 Å². The average Bonchev–Trinajstić information content (AvgIpc) is 2.96. The second-order valence-corrected chi connectivity index (χ2v) is 7.13. The van der Waals surface area contributed by atoms with Gasteiger partial charge in [0.1, 0.15) is 23.8 Å². The van der Waals surface area contributed by atoms with Gasteiger partial charge in [-0.2, -0.15) is 0 Å². The standard InChI is InChI=1S/C15H14ClN5O2S/c1-10-12(16)4-3-5-13(10)24(22,23)20-14-8-15(19-9-18-14)21-7-6-17-11(21)2/h3-9H,1-2H3,(H,18,19,20). The van der Waals surface area contributed by atoms with E-state index in [-0.39, 0.29) is 10.7 Å². The number of nitrogens with zero attached hydrogens (tertiary/aromatic N) is 4. The number of aryl methyl sites for hydroxylation is 1. The van der Waals surface area contributed by atoms with E-state index in [0.29, 0.717) is 16.4 Å². The number of aromatic nitrogens is 4. The molecule has 0 unspecified atom stereocenters. The van der Waals surface area contributed by atoms with Crippen molar-refractivity contribution < 1.29 is 8.42 Å². The summed E-state index contributed by atoms with van der Waals surface area (Å²) < 4.78 is 29.4. The molecule has 0 bridgehead atoms. The van der Waals surface area contributed by atoms with Gasteiger partial charge in [0.2, 0.25) is 0 Å². The second-order valence-electron chi connectivity index (χ2n) is 5.07. The molecule has 7 nitrogen and oxygen atoms in total. The van der Waals surface area contributed by atoms with Crippen molar-refractivity contribution in [3.63, 3.8) is 0 Å². The first-order valence-corrected chi connectivity index (χ1v) is 8.85. The van der Waals surface area contributed by atoms with Gasteiger partial charge in [0, 0.05) is 23.5 Å². The number of sulfonamides is 1. The molecule has 0 aliphatic carbocycles. The first kappa shape index (κ1) is 16.4.